The first-order valence-corrected chi connectivity index (χ1v) is 4.39. The molecule has 4 heteroatoms. The van der Waals surface area contributed by atoms with Gasteiger partial charge in [-0.05, 0) is 10.8 Å². The minimum Gasteiger partial charge on any atom is -0.237 e. The number of rotatable bonds is 1. The maximum absolute atomic E-state index is 3.94. The van der Waals surface area contributed by atoms with Crippen LogP contribution in [0.3, 0.4) is 0 Å². The molecule has 0 bridgehead atoms. The zero-order chi connectivity index (χ0) is 5.11. The predicted molar refractivity (Wildman–Crippen MR) is 37.0 cm³/mol. The molecule has 0 atom stereocenters. The summed E-state index contributed by atoms with van der Waals surface area (Å²) in [5.74, 6) is 0. The molecule has 0 spiro atoms. The second-order valence-electron chi connectivity index (χ2n) is 0.889. The lowest BCUT2D eigenvalue weighted by molar-refractivity contribution is 1.26. The zero-order valence-electron chi connectivity index (χ0n) is 3.37. The highest BCUT2D eigenvalue weighted by Gasteiger charge is 1.86. The summed E-state index contributed by atoms with van der Waals surface area (Å²) >= 11 is 5.54. The summed E-state index contributed by atoms with van der Waals surface area (Å²) in [6, 6.07) is 0. The number of hydrogen-bond donors (Lipinski definition) is 1. The van der Waals surface area contributed by atoms with Crippen molar-refractivity contribution in [1.82, 2.24) is 4.98 Å². The van der Waals surface area contributed by atoms with Gasteiger partial charge in [0.1, 0.15) is 0 Å². The lowest BCUT2D eigenvalue weighted by atomic mass is 11.0. The van der Waals surface area contributed by atoms with E-state index in [1.54, 1.807) is 17.5 Å². The van der Waals surface area contributed by atoms with Crippen LogP contribution in [-0.4, -0.2) is 4.98 Å². The van der Waals surface area contributed by atoms with Gasteiger partial charge in [-0.3, -0.25) is 0 Å². The number of hydrogen-bond acceptors (Lipinski definition) is 4. The van der Waals surface area contributed by atoms with Gasteiger partial charge in [0, 0.05) is 11.6 Å². The van der Waals surface area contributed by atoms with E-state index < -0.39 is 0 Å². The van der Waals surface area contributed by atoms with Crippen LogP contribution in [0.25, 0.3) is 0 Å². The molecule has 0 aliphatic rings. The topological polar surface area (TPSA) is 12.9 Å². The van der Waals surface area contributed by atoms with Crippen molar-refractivity contribution in [2.45, 2.75) is 4.34 Å². The van der Waals surface area contributed by atoms with Crippen molar-refractivity contribution in [3.63, 3.8) is 0 Å². The van der Waals surface area contributed by atoms with Gasteiger partial charge in [0.05, 0.1) is 0 Å². The van der Waals surface area contributed by atoms with Crippen LogP contribution in [0.5, 0.6) is 0 Å². The van der Waals surface area contributed by atoms with E-state index in [0.29, 0.717) is 0 Å². The molecule has 0 saturated heterocycles. The van der Waals surface area contributed by atoms with Crippen molar-refractivity contribution in [2.24, 2.45) is 0 Å². The normalized spacial score (nSPS) is 9.29. The minimum atomic E-state index is 1.00. The third-order valence-electron chi connectivity index (χ3n) is 0.488. The Bertz CT molecular complexity index is 125. The number of thiol groups is 1. The molecule has 1 heterocycles. The van der Waals surface area contributed by atoms with E-state index in [1.807, 2.05) is 5.38 Å². The van der Waals surface area contributed by atoms with Gasteiger partial charge in [0.2, 0.25) is 0 Å². The molecule has 0 amide bonds. The lowest BCUT2D eigenvalue weighted by Crippen LogP contribution is -1.53. The highest BCUT2D eigenvalue weighted by molar-refractivity contribution is 8.69. The number of nitrogens with zero attached hydrogens (tertiary/aromatic N) is 1. The number of thiazole rings is 1. The van der Waals surface area contributed by atoms with Crippen LogP contribution in [0.1, 0.15) is 0 Å². The fraction of sp³-hybridized carbons (Fsp3) is 0. The van der Waals surface area contributed by atoms with Crippen molar-refractivity contribution in [3.05, 3.63) is 11.6 Å². The van der Waals surface area contributed by atoms with Crippen LogP contribution >= 0.6 is 33.8 Å². The van der Waals surface area contributed by atoms with E-state index in [1.165, 1.54) is 10.8 Å². The van der Waals surface area contributed by atoms with Crippen LogP contribution in [0, 0.1) is 0 Å². The van der Waals surface area contributed by atoms with Crippen molar-refractivity contribution in [3.8, 4) is 0 Å². The second-order valence-corrected chi connectivity index (χ2v) is 3.16. The molecule has 1 nitrogen and oxygen atoms in total. The molecule has 0 aliphatic heterocycles. The number of aromatic nitrogens is 1. The fourth-order valence-electron chi connectivity index (χ4n) is 0.255. The zero-order valence-corrected chi connectivity index (χ0v) is 5.89. The summed E-state index contributed by atoms with van der Waals surface area (Å²) in [4.78, 5) is 3.94. The van der Waals surface area contributed by atoms with Crippen molar-refractivity contribution < 1.29 is 0 Å². The molecule has 0 fully saturated rings. The molecule has 0 aliphatic carbocycles. The maximum Gasteiger partial charge on any atom is 0.160 e. The van der Waals surface area contributed by atoms with Gasteiger partial charge < -0.3 is 0 Å². The van der Waals surface area contributed by atoms with E-state index in [-0.39, 0.29) is 0 Å². The Kier molecular flexibility index (Phi) is 2.02. The highest BCUT2D eigenvalue weighted by Crippen LogP contribution is 2.22. The van der Waals surface area contributed by atoms with Gasteiger partial charge in [-0.2, -0.15) is 0 Å². The fourth-order valence-corrected chi connectivity index (χ4v) is 1.59. The summed E-state index contributed by atoms with van der Waals surface area (Å²) in [5, 5.41) is 1.93. The molecule has 0 unspecified atom stereocenters. The second kappa shape index (κ2) is 2.59. The van der Waals surface area contributed by atoms with E-state index >= 15 is 0 Å². The van der Waals surface area contributed by atoms with E-state index in [4.69, 9.17) is 0 Å². The Hall–Kier alpha value is 0.330. The van der Waals surface area contributed by atoms with Crippen LogP contribution in [-0.2, 0) is 0 Å². The summed E-state index contributed by atoms with van der Waals surface area (Å²) < 4.78 is 1.00. The Balaban J connectivity index is 2.76. The molecule has 38 valence electrons. The third-order valence-corrected chi connectivity index (χ3v) is 2.74. The quantitative estimate of drug-likeness (QED) is 0.485. The van der Waals surface area contributed by atoms with E-state index in [0.717, 1.165) is 4.34 Å². The smallest absolute Gasteiger partial charge is 0.160 e. The molecule has 0 aromatic carbocycles. The molecule has 0 saturated carbocycles. The summed E-state index contributed by atoms with van der Waals surface area (Å²) in [7, 11) is 1.38. The van der Waals surface area contributed by atoms with Crippen LogP contribution in [0.2, 0.25) is 0 Å². The molecule has 1 aromatic rings. The Labute approximate surface area is 55.0 Å². The van der Waals surface area contributed by atoms with Crippen molar-refractivity contribution in [1.29, 1.82) is 0 Å². The summed E-state index contributed by atoms with van der Waals surface area (Å²) in [6.45, 7) is 0. The average Bonchev–Trinajstić information content (AvgIpc) is 2.14. The lowest BCUT2D eigenvalue weighted by Gasteiger charge is -1.75. The SMILES string of the molecule is SSc1nccs1. The summed E-state index contributed by atoms with van der Waals surface area (Å²) in [5.41, 5.74) is 0. The third kappa shape index (κ3) is 1.36. The van der Waals surface area contributed by atoms with Gasteiger partial charge in [0.25, 0.3) is 0 Å². The highest BCUT2D eigenvalue weighted by atomic mass is 33.1. The Morgan fingerprint density at radius 1 is 1.86 bits per heavy atom. The molecule has 1 aromatic heterocycles. The van der Waals surface area contributed by atoms with E-state index in [2.05, 4.69) is 16.6 Å². The maximum atomic E-state index is 3.94. The first-order valence-electron chi connectivity index (χ1n) is 1.64. The average molecular weight is 149 g/mol. The van der Waals surface area contributed by atoms with Crippen molar-refractivity contribution in [2.75, 3.05) is 0 Å². The van der Waals surface area contributed by atoms with Gasteiger partial charge in [-0.1, -0.05) is 0 Å². The van der Waals surface area contributed by atoms with Gasteiger partial charge in [-0.25, -0.2) is 4.98 Å². The van der Waals surface area contributed by atoms with Crippen LogP contribution < -0.4 is 0 Å². The molecule has 7 heavy (non-hydrogen) atoms. The van der Waals surface area contributed by atoms with Crippen LogP contribution in [0.15, 0.2) is 15.9 Å². The van der Waals surface area contributed by atoms with Gasteiger partial charge >= 0.3 is 0 Å². The monoisotopic (exact) mass is 149 g/mol. The molecule has 0 radical (unpaired) electrons. The van der Waals surface area contributed by atoms with Crippen LogP contribution in [0.4, 0.5) is 0 Å². The Morgan fingerprint density at radius 2 is 2.71 bits per heavy atom. The minimum absolute atomic E-state index is 1.00. The molecular formula is C3H3NS3. The molecule has 1 rings (SSSR count). The largest absolute Gasteiger partial charge is 0.237 e. The standard InChI is InChI=1S/C3H3NS3/c5-7-3-4-1-2-6-3/h1-2,5H. The van der Waals surface area contributed by atoms with E-state index in [9.17, 15) is 0 Å². The molecule has 0 N–H and O–H groups in total. The van der Waals surface area contributed by atoms with Crippen molar-refractivity contribution >= 4 is 33.8 Å². The van der Waals surface area contributed by atoms with Gasteiger partial charge in [-0.15, -0.1) is 23.0 Å². The Morgan fingerprint density at radius 3 is 3.00 bits per heavy atom. The van der Waals surface area contributed by atoms with Gasteiger partial charge in [0.15, 0.2) is 4.34 Å². The first-order chi connectivity index (χ1) is 3.43. The summed E-state index contributed by atoms with van der Waals surface area (Å²) in [6.07, 6.45) is 1.77. The predicted octanol–water partition coefficient (Wildman–Crippen LogP) is 2.08. The first kappa shape index (κ1) is 5.47. The molecular weight excluding hydrogens is 146 g/mol.